The third-order valence-corrected chi connectivity index (χ3v) is 10.9. The van der Waals surface area contributed by atoms with E-state index in [1.165, 1.54) is 26.2 Å². The molecule has 0 saturated carbocycles. The molecule has 5 heteroatoms. The molecule has 0 amide bonds. The molecule has 0 atom stereocenters. The van der Waals surface area contributed by atoms with Crippen LogP contribution in [0, 0.1) is 0 Å². The second kappa shape index (κ2) is 10.1. The molecule has 0 fully saturated rings. The molecule has 0 aliphatic rings. The lowest BCUT2D eigenvalue weighted by molar-refractivity contribution is 0.670. The number of benzene rings is 7. The first kappa shape index (κ1) is 26.7. The fraction of sp³-hybridized carbons (Fsp3) is 0. The molecule has 7 aromatic carbocycles. The van der Waals surface area contributed by atoms with E-state index in [0.717, 1.165) is 71.0 Å². The maximum absolute atomic E-state index is 6.65. The van der Waals surface area contributed by atoms with Gasteiger partial charge in [0.2, 0.25) is 5.95 Å². The predicted molar refractivity (Wildman–Crippen MR) is 205 cm³/mol. The number of nitrogens with zero attached hydrogens (tertiary/aromatic N) is 3. The lowest BCUT2D eigenvalue weighted by Crippen LogP contribution is -2.03. The Balaban J connectivity index is 1.34. The van der Waals surface area contributed by atoms with Crippen LogP contribution in [0.1, 0.15) is 0 Å². The Labute approximate surface area is 284 Å². The van der Waals surface area contributed by atoms with Crippen molar-refractivity contribution in [3.63, 3.8) is 0 Å². The van der Waals surface area contributed by atoms with E-state index in [2.05, 4.69) is 144 Å². The smallest absolute Gasteiger partial charge is 0.236 e. The molecule has 4 heterocycles. The van der Waals surface area contributed by atoms with Crippen molar-refractivity contribution in [3.8, 4) is 28.3 Å². The quantitative estimate of drug-likeness (QED) is 0.192. The molecule has 0 radical (unpaired) electrons. The SMILES string of the molecule is c1ccc(-c2nc(-n3c4ccccc4c4c5ccccc5cc(-c5cccc6c5oc5ccccc56)c43)nc3sc4ccccc4c23)cc1. The highest BCUT2D eigenvalue weighted by Gasteiger charge is 2.24. The normalized spacial score (nSPS) is 12.1. The van der Waals surface area contributed by atoms with E-state index < -0.39 is 0 Å². The molecule has 4 aromatic heterocycles. The number of hydrogen-bond donors (Lipinski definition) is 0. The average Bonchev–Trinajstić information content (AvgIpc) is 3.84. The number of rotatable bonds is 3. The number of furan rings is 1. The fourth-order valence-electron chi connectivity index (χ4n) is 7.73. The van der Waals surface area contributed by atoms with Crippen LogP contribution >= 0.6 is 11.3 Å². The summed E-state index contributed by atoms with van der Waals surface area (Å²) < 4.78 is 10.1. The number of aromatic nitrogens is 3. The second-order valence-electron chi connectivity index (χ2n) is 12.5. The molecular formula is C44H25N3OS. The Bertz CT molecular complexity index is 3110. The Kier molecular flexibility index (Phi) is 5.51. The molecule has 0 aliphatic heterocycles. The average molecular weight is 644 g/mol. The Hall–Kier alpha value is -6.30. The van der Waals surface area contributed by atoms with Crippen molar-refractivity contribution in [2.45, 2.75) is 0 Å². The highest BCUT2D eigenvalue weighted by Crippen LogP contribution is 2.46. The fourth-order valence-corrected chi connectivity index (χ4v) is 8.80. The third-order valence-electron chi connectivity index (χ3n) is 9.83. The van der Waals surface area contributed by atoms with Gasteiger partial charge in [-0.1, -0.05) is 127 Å². The van der Waals surface area contributed by atoms with E-state index in [4.69, 9.17) is 14.4 Å². The maximum atomic E-state index is 6.65. The molecule has 49 heavy (non-hydrogen) atoms. The van der Waals surface area contributed by atoms with Gasteiger partial charge in [-0.25, -0.2) is 9.97 Å². The van der Waals surface area contributed by atoms with Gasteiger partial charge < -0.3 is 4.42 Å². The van der Waals surface area contributed by atoms with Gasteiger partial charge in [0.15, 0.2) is 0 Å². The van der Waals surface area contributed by atoms with Crippen molar-refractivity contribution >= 4 is 86.2 Å². The highest BCUT2D eigenvalue weighted by molar-refractivity contribution is 7.25. The van der Waals surface area contributed by atoms with Gasteiger partial charge in [0.25, 0.3) is 0 Å². The molecule has 0 bridgehead atoms. The minimum atomic E-state index is 0.650. The van der Waals surface area contributed by atoms with Crippen LogP contribution in [0.5, 0.6) is 0 Å². The van der Waals surface area contributed by atoms with Crippen molar-refractivity contribution in [1.29, 1.82) is 0 Å². The van der Waals surface area contributed by atoms with E-state index in [0.29, 0.717) is 5.95 Å². The van der Waals surface area contributed by atoms with Gasteiger partial charge in [-0.2, -0.15) is 0 Å². The van der Waals surface area contributed by atoms with Crippen LogP contribution in [0.2, 0.25) is 0 Å². The molecule has 228 valence electrons. The highest BCUT2D eigenvalue weighted by atomic mass is 32.1. The third kappa shape index (κ3) is 3.79. The van der Waals surface area contributed by atoms with Gasteiger partial charge in [-0.3, -0.25) is 4.57 Å². The molecule has 0 unspecified atom stereocenters. The zero-order chi connectivity index (χ0) is 32.1. The van der Waals surface area contributed by atoms with Crippen molar-refractivity contribution in [2.24, 2.45) is 0 Å². The van der Waals surface area contributed by atoms with Crippen LogP contribution < -0.4 is 0 Å². The largest absolute Gasteiger partial charge is 0.455 e. The number of hydrogen-bond acceptors (Lipinski definition) is 4. The molecular weight excluding hydrogens is 619 g/mol. The first-order valence-corrected chi connectivity index (χ1v) is 17.2. The van der Waals surface area contributed by atoms with E-state index in [1.54, 1.807) is 11.3 Å². The Morgan fingerprint density at radius 3 is 2.14 bits per heavy atom. The minimum absolute atomic E-state index is 0.650. The molecule has 0 N–H and O–H groups in total. The Morgan fingerprint density at radius 1 is 0.531 bits per heavy atom. The second-order valence-corrected chi connectivity index (χ2v) is 13.5. The van der Waals surface area contributed by atoms with E-state index in [-0.39, 0.29) is 0 Å². The summed E-state index contributed by atoms with van der Waals surface area (Å²) in [6.07, 6.45) is 0. The molecule has 0 saturated heterocycles. The van der Waals surface area contributed by atoms with Gasteiger partial charge in [0.1, 0.15) is 16.0 Å². The lowest BCUT2D eigenvalue weighted by Gasteiger charge is -2.14. The minimum Gasteiger partial charge on any atom is -0.455 e. The van der Waals surface area contributed by atoms with Gasteiger partial charge in [-0.05, 0) is 35.0 Å². The van der Waals surface area contributed by atoms with Crippen LogP contribution in [0.15, 0.2) is 156 Å². The summed E-state index contributed by atoms with van der Waals surface area (Å²) >= 11 is 1.72. The van der Waals surface area contributed by atoms with Gasteiger partial charge in [0.05, 0.1) is 16.7 Å². The Morgan fingerprint density at radius 2 is 1.24 bits per heavy atom. The van der Waals surface area contributed by atoms with Gasteiger partial charge in [0, 0.05) is 53.7 Å². The summed E-state index contributed by atoms with van der Waals surface area (Å²) in [6, 6.07) is 53.4. The van der Waals surface area contributed by atoms with Crippen molar-refractivity contribution in [2.75, 3.05) is 0 Å². The van der Waals surface area contributed by atoms with E-state index in [1.807, 2.05) is 12.1 Å². The van der Waals surface area contributed by atoms with Gasteiger partial charge >= 0.3 is 0 Å². The summed E-state index contributed by atoms with van der Waals surface area (Å²) in [5.74, 6) is 0.650. The summed E-state index contributed by atoms with van der Waals surface area (Å²) in [6.45, 7) is 0. The number of thiophene rings is 1. The molecule has 11 rings (SSSR count). The zero-order valence-electron chi connectivity index (χ0n) is 26.1. The van der Waals surface area contributed by atoms with Crippen molar-refractivity contribution < 1.29 is 4.42 Å². The van der Waals surface area contributed by atoms with Crippen molar-refractivity contribution in [1.82, 2.24) is 14.5 Å². The van der Waals surface area contributed by atoms with Crippen molar-refractivity contribution in [3.05, 3.63) is 152 Å². The van der Waals surface area contributed by atoms with Crippen LogP contribution in [-0.4, -0.2) is 14.5 Å². The van der Waals surface area contributed by atoms with E-state index >= 15 is 0 Å². The number of para-hydroxylation sites is 3. The van der Waals surface area contributed by atoms with Crippen LogP contribution in [0.4, 0.5) is 0 Å². The van der Waals surface area contributed by atoms with Crippen LogP contribution in [0.3, 0.4) is 0 Å². The first-order chi connectivity index (χ1) is 24.3. The van der Waals surface area contributed by atoms with Crippen LogP contribution in [-0.2, 0) is 0 Å². The zero-order valence-corrected chi connectivity index (χ0v) is 26.9. The molecule has 0 spiro atoms. The predicted octanol–water partition coefficient (Wildman–Crippen LogP) is 12.3. The van der Waals surface area contributed by atoms with E-state index in [9.17, 15) is 0 Å². The molecule has 11 aromatic rings. The summed E-state index contributed by atoms with van der Waals surface area (Å²) in [4.78, 5) is 11.9. The summed E-state index contributed by atoms with van der Waals surface area (Å²) in [5, 5.41) is 9.19. The van der Waals surface area contributed by atoms with Crippen LogP contribution in [0.25, 0.3) is 103 Å². The topological polar surface area (TPSA) is 43.9 Å². The first-order valence-electron chi connectivity index (χ1n) is 16.4. The number of fused-ring (bicyclic) bond motifs is 11. The molecule has 0 aliphatic carbocycles. The summed E-state index contributed by atoms with van der Waals surface area (Å²) in [5.41, 5.74) is 8.01. The summed E-state index contributed by atoms with van der Waals surface area (Å²) in [7, 11) is 0. The lowest BCUT2D eigenvalue weighted by atomic mass is 9.95. The standard InChI is InChI=1S/C44H25N3OS/c1-2-13-26(14-3-1)40-39-33-19-8-11-24-37(33)49-43(39)46-44(45-40)47-35-22-9-6-18-32(35)38-28-16-5-4-15-27(28)25-34(41(38)47)31-21-12-20-30-29-17-7-10-23-36(29)48-42(30)31/h1-25H. The van der Waals surface area contributed by atoms with Gasteiger partial charge in [-0.15, -0.1) is 11.3 Å². The monoisotopic (exact) mass is 643 g/mol. The molecule has 4 nitrogen and oxygen atoms in total. The maximum Gasteiger partial charge on any atom is 0.236 e.